The molecule has 9 heteroatoms. The molecule has 1 aliphatic heterocycles. The minimum Gasteiger partial charge on any atom is -0.477 e. The van der Waals surface area contributed by atoms with Gasteiger partial charge in [-0.05, 0) is 37.8 Å². The van der Waals surface area contributed by atoms with Crippen LogP contribution < -0.4 is 10.0 Å². The van der Waals surface area contributed by atoms with Crippen molar-refractivity contribution in [1.82, 2.24) is 10.0 Å². The second-order valence-corrected chi connectivity index (χ2v) is 7.84. The lowest BCUT2D eigenvalue weighted by molar-refractivity contribution is -0.122. The van der Waals surface area contributed by atoms with E-state index in [1.165, 1.54) is 13.0 Å². The fraction of sp³-hybridized carbons (Fsp3) is 0.500. The molecule has 3 N–H and O–H groups in total. The number of sulfonamides is 1. The summed E-state index contributed by atoms with van der Waals surface area (Å²) in [5.74, 6) is -1.51. The molecular weight excluding hydrogens is 316 g/mol. The average molecular weight is 332 g/mol. The second-order valence-electron chi connectivity index (χ2n) is 4.84. The van der Waals surface area contributed by atoms with Crippen LogP contribution in [0.15, 0.2) is 10.3 Å². The van der Waals surface area contributed by atoms with E-state index in [0.29, 0.717) is 29.9 Å². The van der Waals surface area contributed by atoms with Gasteiger partial charge < -0.3 is 10.4 Å². The number of hydrogen-bond donors (Lipinski definition) is 3. The Kier molecular flexibility index (Phi) is 4.64. The molecule has 0 spiro atoms. The second kappa shape index (κ2) is 6.12. The number of aryl methyl sites for hydroxylation is 1. The summed E-state index contributed by atoms with van der Waals surface area (Å²) in [5.41, 5.74) is 0.387. The first-order valence-corrected chi connectivity index (χ1v) is 8.75. The molecule has 2 rings (SSSR count). The number of carboxylic acids is 1. The molecule has 7 nitrogen and oxygen atoms in total. The Bertz CT molecular complexity index is 665. The van der Waals surface area contributed by atoms with Crippen LogP contribution in [0.3, 0.4) is 0 Å². The molecule has 1 amide bonds. The van der Waals surface area contributed by atoms with Gasteiger partial charge in [0.25, 0.3) is 10.0 Å². The third-order valence-corrected chi connectivity index (χ3v) is 6.36. The fourth-order valence-electron chi connectivity index (χ4n) is 2.09. The summed E-state index contributed by atoms with van der Waals surface area (Å²) in [6, 6.07) is 0.499. The Morgan fingerprint density at radius 3 is 2.81 bits per heavy atom. The third kappa shape index (κ3) is 3.60. The fourth-order valence-corrected chi connectivity index (χ4v) is 4.72. The van der Waals surface area contributed by atoms with Crippen molar-refractivity contribution in [2.45, 2.75) is 36.4 Å². The van der Waals surface area contributed by atoms with Gasteiger partial charge in [0.15, 0.2) is 0 Å². The van der Waals surface area contributed by atoms with E-state index < -0.39 is 22.0 Å². The summed E-state index contributed by atoms with van der Waals surface area (Å²) in [6.45, 7) is 2.08. The van der Waals surface area contributed by atoms with Gasteiger partial charge in [-0.3, -0.25) is 4.79 Å². The van der Waals surface area contributed by atoms with Crippen LogP contribution in [0.2, 0.25) is 0 Å². The zero-order valence-corrected chi connectivity index (χ0v) is 13.0. The zero-order chi connectivity index (χ0) is 15.6. The smallest absolute Gasteiger partial charge is 0.346 e. The van der Waals surface area contributed by atoms with Crippen molar-refractivity contribution in [2.24, 2.45) is 0 Å². The molecule has 1 unspecified atom stereocenters. The summed E-state index contributed by atoms with van der Waals surface area (Å²) in [6.07, 6.45) is 1.99. The Balaban J connectivity index is 2.23. The molecule has 0 radical (unpaired) electrons. The number of carbonyl (C=O) groups is 2. The van der Waals surface area contributed by atoms with Crippen molar-refractivity contribution in [3.63, 3.8) is 0 Å². The average Bonchev–Trinajstić information content (AvgIpc) is 2.69. The van der Waals surface area contributed by atoms with Crippen molar-refractivity contribution in [1.29, 1.82) is 0 Å². The third-order valence-electron chi connectivity index (χ3n) is 3.19. The van der Waals surface area contributed by atoms with E-state index in [-0.39, 0.29) is 15.0 Å². The van der Waals surface area contributed by atoms with Crippen LogP contribution >= 0.6 is 11.3 Å². The molecule has 1 atom stereocenters. The quantitative estimate of drug-likeness (QED) is 0.751. The van der Waals surface area contributed by atoms with Crippen molar-refractivity contribution < 1.29 is 23.1 Å². The summed E-state index contributed by atoms with van der Waals surface area (Å²) in [5, 5.41) is 11.6. The lowest BCUT2D eigenvalue weighted by atomic mass is 10.1. The molecule has 0 saturated carbocycles. The highest BCUT2D eigenvalue weighted by atomic mass is 32.2. The van der Waals surface area contributed by atoms with E-state index in [1.54, 1.807) is 0 Å². The number of nitrogens with one attached hydrogen (secondary N) is 2. The molecule has 1 saturated heterocycles. The van der Waals surface area contributed by atoms with Crippen LogP contribution in [0.25, 0.3) is 0 Å². The molecule has 1 aromatic rings. The van der Waals surface area contributed by atoms with Crippen molar-refractivity contribution in [3.8, 4) is 0 Å². The van der Waals surface area contributed by atoms with Crippen LogP contribution in [0, 0.1) is 6.92 Å². The normalized spacial score (nSPS) is 19.9. The van der Waals surface area contributed by atoms with Crippen LogP contribution in [0.4, 0.5) is 0 Å². The standard InChI is InChI=1S/C12H16N2O5S2/c1-7-6-9(20-10(7)12(16)17)21(18,19)14-8-4-2-3-5-13-11(8)15/h6,8,14H,2-5H2,1H3,(H,13,15)(H,16,17). The van der Waals surface area contributed by atoms with Gasteiger partial charge in [-0.25, -0.2) is 13.2 Å². The molecule has 0 aromatic carbocycles. The van der Waals surface area contributed by atoms with Crippen LogP contribution in [-0.4, -0.2) is 38.0 Å². The first-order chi connectivity index (χ1) is 9.81. The molecular formula is C12H16N2O5S2. The van der Waals surface area contributed by atoms with Crippen LogP contribution in [0.5, 0.6) is 0 Å². The maximum atomic E-state index is 12.3. The summed E-state index contributed by atoms with van der Waals surface area (Å²) < 4.78 is 26.8. The molecule has 0 bridgehead atoms. The number of carboxylic acid groups (broad SMARTS) is 1. The monoisotopic (exact) mass is 332 g/mol. The van der Waals surface area contributed by atoms with E-state index in [2.05, 4.69) is 10.0 Å². The highest BCUT2D eigenvalue weighted by Crippen LogP contribution is 2.26. The lowest BCUT2D eigenvalue weighted by Gasteiger charge is -2.14. The highest BCUT2D eigenvalue weighted by molar-refractivity contribution is 7.91. The SMILES string of the molecule is Cc1cc(S(=O)(=O)NC2CCCCNC2=O)sc1C(=O)O. The first-order valence-electron chi connectivity index (χ1n) is 6.45. The van der Waals surface area contributed by atoms with Gasteiger partial charge in [-0.15, -0.1) is 11.3 Å². The van der Waals surface area contributed by atoms with Gasteiger partial charge in [0, 0.05) is 6.54 Å². The number of amides is 1. The first kappa shape index (κ1) is 15.9. The minimum atomic E-state index is -3.90. The van der Waals surface area contributed by atoms with E-state index >= 15 is 0 Å². The Hall–Kier alpha value is -1.45. The van der Waals surface area contributed by atoms with E-state index in [4.69, 9.17) is 5.11 Å². The molecule has 1 fully saturated rings. The number of rotatable bonds is 4. The van der Waals surface area contributed by atoms with Crippen molar-refractivity contribution >= 4 is 33.2 Å². The van der Waals surface area contributed by atoms with E-state index in [0.717, 1.165) is 12.8 Å². The summed E-state index contributed by atoms with van der Waals surface area (Å²) in [7, 11) is -3.90. The number of hydrogen-bond acceptors (Lipinski definition) is 5. The molecule has 1 aromatic heterocycles. The van der Waals surface area contributed by atoms with Gasteiger partial charge in [-0.2, -0.15) is 4.72 Å². The molecule has 2 heterocycles. The van der Waals surface area contributed by atoms with Gasteiger partial charge in [-0.1, -0.05) is 0 Å². The molecule has 0 aliphatic carbocycles. The Morgan fingerprint density at radius 1 is 1.48 bits per heavy atom. The van der Waals surface area contributed by atoms with Gasteiger partial charge in [0.2, 0.25) is 5.91 Å². The lowest BCUT2D eigenvalue weighted by Crippen LogP contribution is -2.45. The van der Waals surface area contributed by atoms with Crippen molar-refractivity contribution in [2.75, 3.05) is 6.54 Å². The van der Waals surface area contributed by atoms with Gasteiger partial charge in [0.05, 0.1) is 0 Å². The molecule has 21 heavy (non-hydrogen) atoms. The van der Waals surface area contributed by atoms with Crippen molar-refractivity contribution in [3.05, 3.63) is 16.5 Å². The topological polar surface area (TPSA) is 113 Å². The number of carbonyl (C=O) groups excluding carboxylic acids is 1. The van der Waals surface area contributed by atoms with Crippen LogP contribution in [-0.2, 0) is 14.8 Å². The molecule has 1 aliphatic rings. The molecule has 116 valence electrons. The zero-order valence-electron chi connectivity index (χ0n) is 11.4. The Morgan fingerprint density at radius 2 is 2.19 bits per heavy atom. The summed E-state index contributed by atoms with van der Waals surface area (Å²) >= 11 is 0.688. The minimum absolute atomic E-state index is 0.0132. The van der Waals surface area contributed by atoms with Gasteiger partial charge in [0.1, 0.15) is 15.1 Å². The van der Waals surface area contributed by atoms with Crippen LogP contribution in [0.1, 0.15) is 34.5 Å². The van der Waals surface area contributed by atoms with Gasteiger partial charge >= 0.3 is 5.97 Å². The number of aromatic carboxylic acids is 1. The maximum Gasteiger partial charge on any atom is 0.346 e. The summed E-state index contributed by atoms with van der Waals surface area (Å²) in [4.78, 5) is 22.7. The predicted octanol–water partition coefficient (Wildman–Crippen LogP) is 0.702. The van der Waals surface area contributed by atoms with E-state index in [1.807, 2.05) is 0 Å². The maximum absolute atomic E-state index is 12.3. The Labute approximate surface area is 126 Å². The largest absolute Gasteiger partial charge is 0.477 e. The predicted molar refractivity (Wildman–Crippen MR) is 77.0 cm³/mol. The van der Waals surface area contributed by atoms with E-state index in [9.17, 15) is 18.0 Å². The number of thiophene rings is 1. The highest BCUT2D eigenvalue weighted by Gasteiger charge is 2.29.